The van der Waals surface area contributed by atoms with Crippen molar-refractivity contribution in [3.05, 3.63) is 94.5 Å². The fourth-order valence-electron chi connectivity index (χ4n) is 4.20. The highest BCUT2D eigenvalue weighted by Gasteiger charge is 2.60. The number of para-hydroxylation sites is 1. The molecule has 2 amide bonds. The topological polar surface area (TPSA) is 40.6 Å². The fraction of sp³-hybridized carbons (Fsp3) is 0.167. The van der Waals surface area contributed by atoms with Gasteiger partial charge in [0.15, 0.2) is 0 Å². The summed E-state index contributed by atoms with van der Waals surface area (Å²) in [6, 6.07) is 23.2. The molecule has 1 fully saturated rings. The molecular weight excluding hydrogens is 416 g/mol. The maximum Gasteiger partial charge on any atom is 0.269 e. The summed E-state index contributed by atoms with van der Waals surface area (Å²) in [5.74, 6) is 0.0508. The molecule has 5 rings (SSSR count). The van der Waals surface area contributed by atoms with E-state index < -0.39 is 4.87 Å². The predicted molar refractivity (Wildman–Crippen MR) is 122 cm³/mol. The van der Waals surface area contributed by atoms with E-state index in [0.717, 1.165) is 22.4 Å². The van der Waals surface area contributed by atoms with E-state index in [4.69, 9.17) is 11.6 Å². The number of aryl methyl sites for hydroxylation is 1. The maximum absolute atomic E-state index is 14.0. The first-order chi connectivity index (χ1) is 14.5. The van der Waals surface area contributed by atoms with Crippen molar-refractivity contribution in [2.75, 3.05) is 15.6 Å². The van der Waals surface area contributed by atoms with Crippen LogP contribution in [0.5, 0.6) is 0 Å². The Morgan fingerprint density at radius 2 is 1.73 bits per heavy atom. The van der Waals surface area contributed by atoms with E-state index in [0.29, 0.717) is 17.3 Å². The molecule has 2 heterocycles. The molecule has 0 aliphatic carbocycles. The van der Waals surface area contributed by atoms with E-state index in [9.17, 15) is 9.59 Å². The van der Waals surface area contributed by atoms with Crippen molar-refractivity contribution in [3.8, 4) is 0 Å². The number of fused-ring (bicyclic) bond motifs is 2. The van der Waals surface area contributed by atoms with Crippen molar-refractivity contribution in [3.63, 3.8) is 0 Å². The molecule has 1 spiro atoms. The lowest BCUT2D eigenvalue weighted by molar-refractivity contribution is -0.123. The average molecular weight is 435 g/mol. The van der Waals surface area contributed by atoms with E-state index in [2.05, 4.69) is 0 Å². The van der Waals surface area contributed by atoms with Crippen molar-refractivity contribution < 1.29 is 9.59 Å². The Hall–Kier alpha value is -2.76. The largest absolute Gasteiger partial charge is 0.304 e. The van der Waals surface area contributed by atoms with Gasteiger partial charge in [-0.2, -0.15) is 0 Å². The van der Waals surface area contributed by atoms with Gasteiger partial charge in [0, 0.05) is 16.3 Å². The van der Waals surface area contributed by atoms with Crippen LogP contribution in [0, 0.1) is 6.92 Å². The van der Waals surface area contributed by atoms with Crippen molar-refractivity contribution in [2.24, 2.45) is 0 Å². The van der Waals surface area contributed by atoms with E-state index in [1.165, 1.54) is 11.8 Å². The summed E-state index contributed by atoms with van der Waals surface area (Å²) in [6.45, 7) is 2.37. The number of amides is 2. The van der Waals surface area contributed by atoms with Gasteiger partial charge in [0.2, 0.25) is 10.8 Å². The van der Waals surface area contributed by atoms with Crippen molar-refractivity contribution in [2.45, 2.75) is 18.3 Å². The molecule has 3 aromatic rings. The quantitative estimate of drug-likeness (QED) is 0.574. The SMILES string of the molecule is Cc1ccc(N2C(=O)CS[C@]23C(=O)N(Cc2ccccc2)c2ccccc23)cc1Cl. The third-order valence-corrected chi connectivity index (χ3v) is 7.45. The molecule has 0 N–H and O–H groups in total. The minimum atomic E-state index is -1.11. The summed E-state index contributed by atoms with van der Waals surface area (Å²) < 4.78 is 0. The van der Waals surface area contributed by atoms with Gasteiger partial charge in [-0.3, -0.25) is 14.5 Å². The third kappa shape index (κ3) is 2.76. The van der Waals surface area contributed by atoms with Crippen molar-refractivity contribution in [1.82, 2.24) is 0 Å². The van der Waals surface area contributed by atoms with Gasteiger partial charge in [0.05, 0.1) is 18.0 Å². The lowest BCUT2D eigenvalue weighted by Crippen LogP contribution is -2.49. The molecule has 2 aliphatic heterocycles. The first-order valence-electron chi connectivity index (χ1n) is 9.71. The van der Waals surface area contributed by atoms with Crippen LogP contribution in [0.1, 0.15) is 16.7 Å². The molecule has 2 aliphatic rings. The van der Waals surface area contributed by atoms with Gasteiger partial charge in [-0.25, -0.2) is 0 Å². The maximum atomic E-state index is 14.0. The first-order valence-corrected chi connectivity index (χ1v) is 11.1. The lowest BCUT2D eigenvalue weighted by Gasteiger charge is -2.33. The van der Waals surface area contributed by atoms with E-state index in [1.807, 2.05) is 73.7 Å². The predicted octanol–water partition coefficient (Wildman–Crippen LogP) is 5.13. The fourth-order valence-corrected chi connectivity index (χ4v) is 5.73. The highest BCUT2D eigenvalue weighted by molar-refractivity contribution is 8.02. The van der Waals surface area contributed by atoms with Gasteiger partial charge in [-0.1, -0.05) is 66.2 Å². The molecule has 3 aromatic carbocycles. The molecule has 30 heavy (non-hydrogen) atoms. The molecule has 1 saturated heterocycles. The molecule has 0 aromatic heterocycles. The van der Waals surface area contributed by atoms with Crippen LogP contribution in [0.2, 0.25) is 5.02 Å². The molecule has 0 radical (unpaired) electrons. The zero-order chi connectivity index (χ0) is 20.9. The van der Waals surface area contributed by atoms with E-state index in [1.54, 1.807) is 15.9 Å². The van der Waals surface area contributed by atoms with E-state index >= 15 is 0 Å². The molecule has 0 unspecified atom stereocenters. The summed E-state index contributed by atoms with van der Waals surface area (Å²) in [5.41, 5.74) is 4.30. The molecule has 6 heteroatoms. The summed E-state index contributed by atoms with van der Waals surface area (Å²) >= 11 is 7.75. The Balaban J connectivity index is 1.66. The number of carbonyl (C=O) groups excluding carboxylic acids is 2. The Bertz CT molecular complexity index is 1170. The molecule has 0 saturated carbocycles. The first kappa shape index (κ1) is 19.2. The number of benzene rings is 3. The zero-order valence-corrected chi connectivity index (χ0v) is 17.9. The number of hydrogen-bond donors (Lipinski definition) is 0. The van der Waals surface area contributed by atoms with Gasteiger partial charge < -0.3 is 4.90 Å². The highest BCUT2D eigenvalue weighted by atomic mass is 35.5. The van der Waals surface area contributed by atoms with Gasteiger partial charge in [-0.15, -0.1) is 11.8 Å². The monoisotopic (exact) mass is 434 g/mol. The second-order valence-corrected chi connectivity index (χ2v) is 9.06. The molecule has 150 valence electrons. The van der Waals surface area contributed by atoms with Crippen molar-refractivity contribution in [1.29, 1.82) is 0 Å². The van der Waals surface area contributed by atoms with Crippen LogP contribution < -0.4 is 9.80 Å². The van der Waals surface area contributed by atoms with Crippen LogP contribution >= 0.6 is 23.4 Å². The molecule has 1 atom stereocenters. The molecule has 4 nitrogen and oxygen atoms in total. The summed E-state index contributed by atoms with van der Waals surface area (Å²) in [7, 11) is 0. The Morgan fingerprint density at radius 1 is 1.00 bits per heavy atom. The van der Waals surface area contributed by atoms with Gasteiger partial charge in [-0.05, 0) is 36.2 Å². The second-order valence-electron chi connectivity index (χ2n) is 7.49. The standard InChI is InChI=1S/C24H19ClN2O2S/c1-16-11-12-18(13-20(16)25)27-22(28)15-30-24(27)19-9-5-6-10-21(19)26(23(24)29)14-17-7-3-2-4-8-17/h2-13H,14-15H2,1H3/t24-/m1/s1. The Labute approximate surface area is 184 Å². The number of nitrogens with zero attached hydrogens (tertiary/aromatic N) is 2. The van der Waals surface area contributed by atoms with E-state index in [-0.39, 0.29) is 17.6 Å². The number of rotatable bonds is 3. The molecular formula is C24H19ClN2O2S. The Morgan fingerprint density at radius 3 is 2.50 bits per heavy atom. The van der Waals surface area contributed by atoms with Crippen LogP contribution in [0.3, 0.4) is 0 Å². The van der Waals surface area contributed by atoms with Gasteiger partial charge in [0.25, 0.3) is 5.91 Å². The average Bonchev–Trinajstić information content (AvgIpc) is 3.22. The van der Waals surface area contributed by atoms with Gasteiger partial charge >= 0.3 is 0 Å². The van der Waals surface area contributed by atoms with Gasteiger partial charge in [0.1, 0.15) is 0 Å². The number of hydrogen-bond acceptors (Lipinski definition) is 3. The number of carbonyl (C=O) groups is 2. The van der Waals surface area contributed by atoms with Crippen LogP contribution in [-0.2, 0) is 21.0 Å². The normalized spacial score (nSPS) is 20.3. The summed E-state index contributed by atoms with van der Waals surface area (Å²) in [4.78, 5) is 29.3. The second kappa shape index (κ2) is 7.18. The number of anilines is 2. The minimum Gasteiger partial charge on any atom is -0.304 e. The smallest absolute Gasteiger partial charge is 0.269 e. The minimum absolute atomic E-state index is 0.0929. The lowest BCUT2D eigenvalue weighted by atomic mass is 10.0. The van der Waals surface area contributed by atoms with Crippen LogP contribution in [0.25, 0.3) is 0 Å². The highest BCUT2D eigenvalue weighted by Crippen LogP contribution is 2.56. The van der Waals surface area contributed by atoms with Crippen LogP contribution in [-0.4, -0.2) is 17.6 Å². The van der Waals surface area contributed by atoms with Crippen LogP contribution in [0.15, 0.2) is 72.8 Å². The Kier molecular flexibility index (Phi) is 4.60. The summed E-state index contributed by atoms with van der Waals surface area (Å²) in [6.07, 6.45) is 0. The summed E-state index contributed by atoms with van der Waals surface area (Å²) in [5, 5.41) is 0.576. The number of thioether (sulfide) groups is 1. The van der Waals surface area contributed by atoms with Crippen LogP contribution in [0.4, 0.5) is 11.4 Å². The number of halogens is 1. The third-order valence-electron chi connectivity index (χ3n) is 5.66. The zero-order valence-electron chi connectivity index (χ0n) is 16.3. The molecule has 0 bridgehead atoms. The van der Waals surface area contributed by atoms with Crippen molar-refractivity contribution >= 4 is 46.6 Å².